The van der Waals surface area contributed by atoms with Gasteiger partial charge in [0.15, 0.2) is 46.0 Å². The van der Waals surface area contributed by atoms with Crippen LogP contribution < -0.4 is 60.8 Å². The lowest BCUT2D eigenvalue weighted by molar-refractivity contribution is 0.254. The summed E-state index contributed by atoms with van der Waals surface area (Å²) in [7, 11) is 9.95. The molecule has 83 heavy (non-hydrogen) atoms. The Bertz CT molecular complexity index is 2960. The molecule has 0 bridgehead atoms. The Hall–Kier alpha value is -6.88. The van der Waals surface area contributed by atoms with E-state index < -0.39 is 0 Å². The monoisotopic (exact) mass is 1140 g/mol. The van der Waals surface area contributed by atoms with Gasteiger partial charge in [0, 0.05) is 41.6 Å². The SMILES string of the molecule is COc1cc2c(cc1OC)C1(CCCC1)C(N)=N2.COc1cc2c(cc1OC)C1(CCCCC1)C(N)=N2.COc1cc2c(cc1OCCCC1CCCC1)N=C(N)C2(C)C.COc1cc2c(cc1OCCCN1CCCC1)N=C(N)C2(C)C. The van der Waals surface area contributed by atoms with E-state index in [2.05, 4.69) is 58.6 Å². The van der Waals surface area contributed by atoms with E-state index in [1.54, 1.807) is 42.7 Å². The van der Waals surface area contributed by atoms with Crippen LogP contribution in [0.4, 0.5) is 22.7 Å². The van der Waals surface area contributed by atoms with Crippen molar-refractivity contribution < 1.29 is 37.9 Å². The molecule has 4 aromatic carbocycles. The molecule has 1 saturated heterocycles. The number of methoxy groups -OCH3 is 6. The van der Waals surface area contributed by atoms with Gasteiger partial charge in [-0.1, -0.05) is 57.8 Å². The fourth-order valence-corrected chi connectivity index (χ4v) is 13.6. The zero-order chi connectivity index (χ0) is 59.1. The molecular formula is C66H93N9O8. The van der Waals surface area contributed by atoms with Crippen LogP contribution in [0.1, 0.15) is 166 Å². The zero-order valence-electron chi connectivity index (χ0n) is 51.3. The summed E-state index contributed by atoms with van der Waals surface area (Å²) >= 11 is 0. The second kappa shape index (κ2) is 25.9. The van der Waals surface area contributed by atoms with Crippen molar-refractivity contribution in [2.24, 2.45) is 48.8 Å². The number of hydrogen-bond donors (Lipinski definition) is 4. The topological polar surface area (TPSA) is 231 Å². The molecule has 5 aliphatic heterocycles. The fraction of sp³-hybridized carbons (Fsp3) is 0.576. The molecule has 8 aliphatic rings. The summed E-state index contributed by atoms with van der Waals surface area (Å²) in [6.07, 6.45) is 22.1. The van der Waals surface area contributed by atoms with Crippen molar-refractivity contribution in [1.82, 2.24) is 4.90 Å². The van der Waals surface area contributed by atoms with Crippen molar-refractivity contribution in [3.63, 3.8) is 0 Å². The Morgan fingerprint density at radius 2 is 0.747 bits per heavy atom. The van der Waals surface area contributed by atoms with Gasteiger partial charge in [0.25, 0.3) is 0 Å². The van der Waals surface area contributed by atoms with Gasteiger partial charge >= 0.3 is 0 Å². The number of rotatable bonds is 16. The molecule has 0 aromatic heterocycles. The number of nitrogens with zero attached hydrogens (tertiary/aromatic N) is 5. The molecule has 3 aliphatic carbocycles. The molecule has 0 radical (unpaired) electrons. The summed E-state index contributed by atoms with van der Waals surface area (Å²) in [6, 6.07) is 15.9. The van der Waals surface area contributed by atoms with Gasteiger partial charge in [-0.3, -0.25) is 0 Å². The Morgan fingerprint density at radius 3 is 1.17 bits per heavy atom. The van der Waals surface area contributed by atoms with Gasteiger partial charge < -0.3 is 65.7 Å². The Kier molecular flexibility index (Phi) is 19.0. The van der Waals surface area contributed by atoms with E-state index in [0.717, 1.165) is 138 Å². The van der Waals surface area contributed by atoms with Gasteiger partial charge in [0.05, 0.1) is 89.5 Å². The van der Waals surface area contributed by atoms with Crippen LogP contribution >= 0.6 is 0 Å². The largest absolute Gasteiger partial charge is 0.493 e. The second-order valence-electron chi connectivity index (χ2n) is 24.6. The Balaban J connectivity index is 0.000000134. The molecule has 0 unspecified atom stereocenters. The second-order valence-corrected chi connectivity index (χ2v) is 24.6. The molecule has 4 aromatic rings. The van der Waals surface area contributed by atoms with Crippen molar-refractivity contribution >= 4 is 46.1 Å². The van der Waals surface area contributed by atoms with Gasteiger partial charge in [-0.05, 0) is 151 Å². The van der Waals surface area contributed by atoms with Gasteiger partial charge in [-0.15, -0.1) is 0 Å². The maximum absolute atomic E-state index is 6.25. The lowest BCUT2D eigenvalue weighted by Gasteiger charge is -2.34. The molecular weight excluding hydrogens is 1050 g/mol. The van der Waals surface area contributed by atoms with E-state index in [1.165, 1.54) is 101 Å². The van der Waals surface area contributed by atoms with E-state index in [9.17, 15) is 0 Å². The van der Waals surface area contributed by atoms with Crippen LogP contribution in [-0.4, -0.2) is 104 Å². The number of aliphatic imine (C=N–C) groups is 4. The summed E-state index contributed by atoms with van der Waals surface area (Å²) in [5.74, 6) is 9.69. The van der Waals surface area contributed by atoms with Crippen molar-refractivity contribution in [3.8, 4) is 46.0 Å². The van der Waals surface area contributed by atoms with E-state index in [-0.39, 0.29) is 21.7 Å². The van der Waals surface area contributed by atoms with Crippen LogP contribution in [0.3, 0.4) is 0 Å². The first-order chi connectivity index (χ1) is 40.0. The highest BCUT2D eigenvalue weighted by molar-refractivity contribution is 6.02. The van der Waals surface area contributed by atoms with Crippen LogP contribution in [0, 0.1) is 5.92 Å². The minimum Gasteiger partial charge on any atom is -0.493 e. The average Bonchev–Trinajstić information content (AvgIpc) is 4.56. The normalized spacial score (nSPS) is 19.7. The van der Waals surface area contributed by atoms with E-state index >= 15 is 0 Å². The van der Waals surface area contributed by atoms with Crippen molar-refractivity contribution in [2.45, 2.75) is 165 Å². The highest BCUT2D eigenvalue weighted by Crippen LogP contribution is 2.54. The summed E-state index contributed by atoms with van der Waals surface area (Å²) in [5, 5.41) is 0. The van der Waals surface area contributed by atoms with Crippen molar-refractivity contribution in [1.29, 1.82) is 0 Å². The van der Waals surface area contributed by atoms with Crippen LogP contribution in [0.15, 0.2) is 68.5 Å². The van der Waals surface area contributed by atoms with Crippen LogP contribution in [0.5, 0.6) is 46.0 Å². The van der Waals surface area contributed by atoms with Gasteiger partial charge in [0.2, 0.25) is 0 Å². The maximum Gasteiger partial charge on any atom is 0.163 e. The number of fused-ring (bicyclic) bond motifs is 6. The molecule has 450 valence electrons. The van der Waals surface area contributed by atoms with Crippen molar-refractivity contribution in [2.75, 3.05) is 75.5 Å². The quantitative estimate of drug-likeness (QED) is 0.0766. The number of benzene rings is 4. The summed E-state index contributed by atoms with van der Waals surface area (Å²) in [4.78, 5) is 20.6. The molecule has 3 saturated carbocycles. The molecule has 0 amide bonds. The number of nitrogens with two attached hydrogens (primary N) is 4. The Labute approximate surface area is 493 Å². The average molecular weight is 1140 g/mol. The van der Waals surface area contributed by atoms with Gasteiger partial charge in [-0.25, -0.2) is 20.0 Å². The molecule has 4 fully saturated rings. The van der Waals surface area contributed by atoms with Crippen LogP contribution in [-0.2, 0) is 21.7 Å². The number of hydrogen-bond acceptors (Lipinski definition) is 17. The number of amidine groups is 4. The predicted octanol–water partition coefficient (Wildman–Crippen LogP) is 12.6. The minimum atomic E-state index is -0.253. The van der Waals surface area contributed by atoms with E-state index in [0.29, 0.717) is 29.8 Å². The van der Waals surface area contributed by atoms with Gasteiger partial charge in [-0.2, -0.15) is 0 Å². The standard InChI is InChI=1S/C19H28N2O2.C18H27N3O2.C15H20N2O2.C14H18N2O2/c1-19(2)14-11-16(22-3)17(12-15(14)21-18(19)20)23-10-6-9-13-7-4-5-8-13;1-18(2)13-11-15(22-3)16(12-14(13)20-17(18)19)23-10-6-9-21-7-4-5-8-21;1-18-12-8-10-11(9-13(12)19-2)17-14(16)15(10)6-4-3-5-7-15;1-17-11-7-9-10(8-12(11)18-2)16-13(15)14(9)5-3-4-6-14/h11-13H,4-10H2,1-3H3,(H2,20,21);11-12H,4-10H2,1-3H3,(H2,19,20);8-9H,3-7H2,1-2H3,(H2,16,17);7-8H,3-6H2,1-2H3,(H2,15,16). The number of ether oxygens (including phenoxy) is 8. The van der Waals surface area contributed by atoms with E-state index in [1.807, 2.05) is 42.5 Å². The minimum absolute atomic E-state index is 0.0467. The van der Waals surface area contributed by atoms with Crippen LogP contribution in [0.25, 0.3) is 0 Å². The third kappa shape index (κ3) is 12.4. The molecule has 17 nitrogen and oxygen atoms in total. The lowest BCUT2D eigenvalue weighted by Crippen LogP contribution is -2.40. The third-order valence-electron chi connectivity index (χ3n) is 18.9. The van der Waals surface area contributed by atoms with Crippen LogP contribution in [0.2, 0.25) is 0 Å². The molecule has 12 rings (SSSR count). The first-order valence-corrected chi connectivity index (χ1v) is 30.3. The summed E-state index contributed by atoms with van der Waals surface area (Å²) < 4.78 is 44.4. The highest BCUT2D eigenvalue weighted by Gasteiger charge is 2.46. The third-order valence-corrected chi connectivity index (χ3v) is 18.9. The predicted molar refractivity (Wildman–Crippen MR) is 334 cm³/mol. The first-order valence-electron chi connectivity index (χ1n) is 30.3. The Morgan fingerprint density at radius 1 is 0.410 bits per heavy atom. The fourth-order valence-electron chi connectivity index (χ4n) is 13.6. The van der Waals surface area contributed by atoms with E-state index in [4.69, 9.17) is 60.8 Å². The summed E-state index contributed by atoms with van der Waals surface area (Å²) in [6.45, 7) is 13.3. The zero-order valence-corrected chi connectivity index (χ0v) is 51.3. The van der Waals surface area contributed by atoms with Crippen molar-refractivity contribution in [3.05, 3.63) is 70.8 Å². The molecule has 2 spiro atoms. The molecule has 17 heteroatoms. The summed E-state index contributed by atoms with van der Waals surface area (Å²) in [5.41, 5.74) is 32.2. The highest BCUT2D eigenvalue weighted by atomic mass is 16.5. The smallest absolute Gasteiger partial charge is 0.163 e. The number of likely N-dealkylation sites (tertiary alicyclic amines) is 1. The maximum atomic E-state index is 6.25. The molecule has 8 N–H and O–H groups in total. The molecule has 0 atom stereocenters. The first kappa shape index (κ1) is 60.7. The lowest BCUT2D eigenvalue weighted by atomic mass is 9.69. The molecule has 5 heterocycles. The van der Waals surface area contributed by atoms with Gasteiger partial charge in [0.1, 0.15) is 23.3 Å².